The second-order valence-corrected chi connectivity index (χ2v) is 8.19. The fraction of sp³-hybridized carbons (Fsp3) is 0.947. The molecule has 9 N–H and O–H groups in total. The van der Waals surface area contributed by atoms with E-state index in [4.69, 9.17) is 27.7 Å². The van der Waals surface area contributed by atoms with E-state index in [9.17, 15) is 4.79 Å². The van der Waals surface area contributed by atoms with Crippen molar-refractivity contribution in [3.8, 4) is 0 Å². The number of hydrogen-bond donors (Lipinski definition) is 5. The summed E-state index contributed by atoms with van der Waals surface area (Å²) in [5, 5.41) is 2.78. The molecular formula is C19H45N7O2. The standard InChI is InChI=1S/C19H45N7O2/c1-19(2,3)28-18(27)24-10-5-4-6-17(23)16-26(13-9-22)15-14-25(11-7-20)12-8-21/h17H,4-16,20-23H2,1-3H3,(H,24,27)/t17-/m0/s1. The van der Waals surface area contributed by atoms with Crippen molar-refractivity contribution >= 4 is 6.09 Å². The molecule has 0 spiro atoms. The molecule has 9 nitrogen and oxygen atoms in total. The number of carbonyl (C=O) groups excluding carboxylic acids is 1. The van der Waals surface area contributed by atoms with Gasteiger partial charge < -0.3 is 33.0 Å². The molecule has 28 heavy (non-hydrogen) atoms. The molecule has 0 aliphatic carbocycles. The summed E-state index contributed by atoms with van der Waals surface area (Å²) >= 11 is 0. The summed E-state index contributed by atoms with van der Waals surface area (Å²) in [6, 6.07) is 0.0885. The zero-order valence-electron chi connectivity index (χ0n) is 18.3. The minimum absolute atomic E-state index is 0.0885. The molecule has 0 aromatic carbocycles. The van der Waals surface area contributed by atoms with E-state index in [1.54, 1.807) is 0 Å². The van der Waals surface area contributed by atoms with Crippen molar-refractivity contribution in [3.05, 3.63) is 0 Å². The Balaban J connectivity index is 4.06. The molecule has 0 aromatic rings. The van der Waals surface area contributed by atoms with E-state index in [1.807, 2.05) is 20.8 Å². The molecule has 168 valence electrons. The summed E-state index contributed by atoms with van der Waals surface area (Å²) in [6.07, 6.45) is 2.38. The Bertz CT molecular complexity index is 385. The monoisotopic (exact) mass is 403 g/mol. The van der Waals surface area contributed by atoms with Crippen LogP contribution in [0.4, 0.5) is 4.79 Å². The molecule has 0 aromatic heterocycles. The van der Waals surface area contributed by atoms with Crippen LogP contribution < -0.4 is 28.3 Å². The number of carbonyl (C=O) groups is 1. The minimum Gasteiger partial charge on any atom is -0.444 e. The summed E-state index contributed by atoms with van der Waals surface area (Å²) in [4.78, 5) is 16.2. The lowest BCUT2D eigenvalue weighted by Crippen LogP contribution is -2.45. The first-order valence-electron chi connectivity index (χ1n) is 10.5. The van der Waals surface area contributed by atoms with Crippen LogP contribution in [0, 0.1) is 0 Å². The number of ether oxygens (including phenoxy) is 1. The van der Waals surface area contributed by atoms with E-state index in [-0.39, 0.29) is 12.1 Å². The van der Waals surface area contributed by atoms with Crippen LogP contribution in [0.25, 0.3) is 0 Å². The normalized spacial score (nSPS) is 13.2. The quantitative estimate of drug-likeness (QED) is 0.216. The van der Waals surface area contributed by atoms with Gasteiger partial charge in [-0.15, -0.1) is 0 Å². The fourth-order valence-electron chi connectivity index (χ4n) is 2.92. The molecule has 0 aliphatic heterocycles. The van der Waals surface area contributed by atoms with Crippen molar-refractivity contribution in [3.63, 3.8) is 0 Å². The number of hydrogen-bond acceptors (Lipinski definition) is 8. The molecule has 1 atom stereocenters. The lowest BCUT2D eigenvalue weighted by Gasteiger charge is -2.29. The first-order chi connectivity index (χ1) is 13.2. The molecule has 0 fully saturated rings. The van der Waals surface area contributed by atoms with Gasteiger partial charge in [0.05, 0.1) is 0 Å². The molecular weight excluding hydrogens is 358 g/mol. The number of alkyl carbamates (subject to hydrolysis) is 1. The lowest BCUT2D eigenvalue weighted by atomic mass is 10.1. The smallest absolute Gasteiger partial charge is 0.407 e. The summed E-state index contributed by atoms with van der Waals surface area (Å²) in [5.74, 6) is 0. The Kier molecular flexibility index (Phi) is 15.3. The van der Waals surface area contributed by atoms with Gasteiger partial charge in [-0.3, -0.25) is 9.80 Å². The third-order valence-corrected chi connectivity index (χ3v) is 4.23. The zero-order chi connectivity index (χ0) is 21.4. The maximum atomic E-state index is 11.6. The lowest BCUT2D eigenvalue weighted by molar-refractivity contribution is 0.0527. The van der Waals surface area contributed by atoms with Gasteiger partial charge in [0.1, 0.15) is 5.60 Å². The molecule has 0 saturated heterocycles. The highest BCUT2D eigenvalue weighted by molar-refractivity contribution is 5.67. The molecule has 0 rings (SSSR count). The van der Waals surface area contributed by atoms with Gasteiger partial charge in [0.25, 0.3) is 0 Å². The Morgan fingerprint density at radius 1 is 0.929 bits per heavy atom. The number of nitrogens with zero attached hydrogens (tertiary/aromatic N) is 2. The molecule has 0 bridgehead atoms. The largest absolute Gasteiger partial charge is 0.444 e. The average Bonchev–Trinajstić information content (AvgIpc) is 2.58. The van der Waals surface area contributed by atoms with Gasteiger partial charge in [-0.1, -0.05) is 6.42 Å². The van der Waals surface area contributed by atoms with E-state index in [0.717, 1.165) is 58.5 Å². The second-order valence-electron chi connectivity index (χ2n) is 8.19. The Morgan fingerprint density at radius 3 is 2.00 bits per heavy atom. The van der Waals surface area contributed by atoms with E-state index in [0.29, 0.717) is 26.2 Å². The third kappa shape index (κ3) is 16.0. The summed E-state index contributed by atoms with van der Waals surface area (Å²) in [7, 11) is 0. The maximum absolute atomic E-state index is 11.6. The van der Waals surface area contributed by atoms with E-state index < -0.39 is 5.60 Å². The van der Waals surface area contributed by atoms with Gasteiger partial charge in [-0.25, -0.2) is 4.79 Å². The van der Waals surface area contributed by atoms with Crippen molar-refractivity contribution < 1.29 is 9.53 Å². The Morgan fingerprint density at radius 2 is 1.46 bits per heavy atom. The SMILES string of the molecule is CC(C)(C)OC(=O)NCCCC[C@H](N)CN(CCN)CCN(CCN)CCN. The van der Waals surface area contributed by atoms with Crippen molar-refractivity contribution in [2.45, 2.75) is 51.7 Å². The molecule has 1 amide bonds. The van der Waals surface area contributed by atoms with Crippen LogP contribution in [0.2, 0.25) is 0 Å². The average molecular weight is 404 g/mol. The summed E-state index contributed by atoms with van der Waals surface area (Å²) in [5.41, 5.74) is 22.9. The van der Waals surface area contributed by atoms with Crippen molar-refractivity contribution in [2.24, 2.45) is 22.9 Å². The van der Waals surface area contributed by atoms with Crippen LogP contribution in [0.15, 0.2) is 0 Å². The number of rotatable bonds is 16. The van der Waals surface area contributed by atoms with Crippen molar-refractivity contribution in [1.29, 1.82) is 0 Å². The van der Waals surface area contributed by atoms with Gasteiger partial charge in [0, 0.05) is 71.5 Å². The Labute approximate surface area is 171 Å². The van der Waals surface area contributed by atoms with Gasteiger partial charge in [0.15, 0.2) is 0 Å². The van der Waals surface area contributed by atoms with E-state index in [1.165, 1.54) is 0 Å². The molecule has 0 heterocycles. The van der Waals surface area contributed by atoms with Crippen LogP contribution in [0.5, 0.6) is 0 Å². The first kappa shape index (κ1) is 27.0. The summed E-state index contributed by atoms with van der Waals surface area (Å²) in [6.45, 7) is 13.2. The zero-order valence-corrected chi connectivity index (χ0v) is 18.3. The molecule has 0 aliphatic rings. The molecule has 0 unspecified atom stereocenters. The topological polar surface area (TPSA) is 149 Å². The van der Waals surface area contributed by atoms with Gasteiger partial charge >= 0.3 is 6.09 Å². The first-order valence-corrected chi connectivity index (χ1v) is 10.5. The number of amides is 1. The second kappa shape index (κ2) is 15.9. The van der Waals surface area contributed by atoms with Crippen LogP contribution in [0.3, 0.4) is 0 Å². The predicted octanol–water partition coefficient (Wildman–Crippen LogP) is -0.511. The van der Waals surface area contributed by atoms with Crippen LogP contribution >= 0.6 is 0 Å². The van der Waals surface area contributed by atoms with E-state index in [2.05, 4.69) is 15.1 Å². The molecule has 0 saturated carbocycles. The van der Waals surface area contributed by atoms with Gasteiger partial charge in [-0.2, -0.15) is 0 Å². The van der Waals surface area contributed by atoms with Crippen LogP contribution in [-0.2, 0) is 4.74 Å². The number of nitrogens with two attached hydrogens (primary N) is 4. The highest BCUT2D eigenvalue weighted by atomic mass is 16.6. The predicted molar refractivity (Wildman–Crippen MR) is 116 cm³/mol. The Hall–Kier alpha value is -0.970. The fourth-order valence-corrected chi connectivity index (χ4v) is 2.92. The van der Waals surface area contributed by atoms with Crippen LogP contribution in [-0.4, -0.2) is 93.0 Å². The van der Waals surface area contributed by atoms with Gasteiger partial charge in [0.2, 0.25) is 0 Å². The molecule has 0 radical (unpaired) electrons. The minimum atomic E-state index is -0.469. The highest BCUT2D eigenvalue weighted by Gasteiger charge is 2.15. The maximum Gasteiger partial charge on any atom is 0.407 e. The highest BCUT2D eigenvalue weighted by Crippen LogP contribution is 2.07. The van der Waals surface area contributed by atoms with E-state index >= 15 is 0 Å². The summed E-state index contributed by atoms with van der Waals surface area (Å²) < 4.78 is 5.21. The van der Waals surface area contributed by atoms with Crippen molar-refractivity contribution in [2.75, 3.05) is 65.4 Å². The van der Waals surface area contributed by atoms with Crippen molar-refractivity contribution in [1.82, 2.24) is 15.1 Å². The molecule has 9 heteroatoms. The number of nitrogens with one attached hydrogen (secondary N) is 1. The van der Waals surface area contributed by atoms with Crippen LogP contribution in [0.1, 0.15) is 40.0 Å². The van der Waals surface area contributed by atoms with Gasteiger partial charge in [-0.05, 0) is 33.6 Å². The third-order valence-electron chi connectivity index (χ3n) is 4.23. The number of unbranched alkanes of at least 4 members (excludes halogenated alkanes) is 1.